The Bertz CT molecular complexity index is 919. The Labute approximate surface area is 139 Å². The molecule has 0 saturated heterocycles. The number of fused-ring (bicyclic) bond motifs is 2. The van der Waals surface area contributed by atoms with Gasteiger partial charge in [-0.2, -0.15) is 5.26 Å². The van der Waals surface area contributed by atoms with Crippen LogP contribution in [0.2, 0.25) is 0 Å². The van der Waals surface area contributed by atoms with Crippen LogP contribution >= 0.6 is 0 Å². The summed E-state index contributed by atoms with van der Waals surface area (Å²) in [5.74, 6) is 0.280. The van der Waals surface area contributed by atoms with Crippen molar-refractivity contribution in [3.63, 3.8) is 0 Å². The van der Waals surface area contributed by atoms with Gasteiger partial charge in [-0.3, -0.25) is 0 Å². The Kier molecular flexibility index (Phi) is 3.35. The first-order valence-electron chi connectivity index (χ1n) is 7.83. The van der Waals surface area contributed by atoms with E-state index in [4.69, 9.17) is 10.5 Å². The van der Waals surface area contributed by atoms with Crippen LogP contribution in [-0.4, -0.2) is 0 Å². The first kappa shape index (κ1) is 14.5. The molecule has 2 aliphatic rings. The zero-order valence-corrected chi connectivity index (χ0v) is 12.9. The van der Waals surface area contributed by atoms with E-state index < -0.39 is 0 Å². The summed E-state index contributed by atoms with van der Waals surface area (Å²) in [7, 11) is 0. The van der Waals surface area contributed by atoms with Gasteiger partial charge in [0.1, 0.15) is 23.2 Å². The monoisotopic (exact) mass is 318 g/mol. The summed E-state index contributed by atoms with van der Waals surface area (Å²) in [4.78, 5) is 0. The topological polar surface area (TPSA) is 59.0 Å². The minimum atomic E-state index is -0.301. The highest BCUT2D eigenvalue weighted by Gasteiger charge is 2.35. The van der Waals surface area contributed by atoms with Crippen molar-refractivity contribution < 1.29 is 9.13 Å². The van der Waals surface area contributed by atoms with Gasteiger partial charge in [-0.05, 0) is 41.7 Å². The zero-order valence-electron chi connectivity index (χ0n) is 12.9. The first-order valence-corrected chi connectivity index (χ1v) is 7.83. The van der Waals surface area contributed by atoms with Crippen LogP contribution in [0.4, 0.5) is 4.39 Å². The van der Waals surface area contributed by atoms with Gasteiger partial charge in [0.05, 0.1) is 0 Å². The number of nitrogens with zero attached hydrogens (tertiary/aromatic N) is 1. The number of nitrogens with two attached hydrogens (primary N) is 1. The van der Waals surface area contributed by atoms with Gasteiger partial charge in [0, 0.05) is 11.5 Å². The maximum atomic E-state index is 13.3. The molecule has 2 N–H and O–H groups in total. The fraction of sp³-hybridized carbons (Fsp3) is 0.150. The second-order valence-electron chi connectivity index (χ2n) is 5.99. The summed E-state index contributed by atoms with van der Waals surface area (Å²) in [6.07, 6.45) is 1.67. The third-order valence-electron chi connectivity index (χ3n) is 4.66. The predicted molar refractivity (Wildman–Crippen MR) is 88.7 cm³/mol. The fourth-order valence-electron chi connectivity index (χ4n) is 3.54. The molecule has 0 spiro atoms. The normalized spacial score (nSPS) is 19.2. The van der Waals surface area contributed by atoms with Crippen LogP contribution in [0.3, 0.4) is 0 Å². The number of allylic oxidation sites excluding steroid dienone is 2. The quantitative estimate of drug-likeness (QED) is 0.865. The predicted octanol–water partition coefficient (Wildman–Crippen LogP) is 3.99. The van der Waals surface area contributed by atoms with Crippen LogP contribution in [0.1, 0.15) is 29.0 Å². The lowest BCUT2D eigenvalue weighted by molar-refractivity contribution is 0.349. The van der Waals surface area contributed by atoms with Crippen molar-refractivity contribution in [3.8, 4) is 6.07 Å². The molecule has 0 aromatic heterocycles. The number of rotatable bonds is 1. The minimum absolute atomic E-state index is 0.127. The third-order valence-corrected chi connectivity index (χ3v) is 4.66. The number of halogens is 1. The van der Waals surface area contributed by atoms with Crippen molar-refractivity contribution in [3.05, 3.63) is 88.1 Å². The van der Waals surface area contributed by atoms with E-state index in [1.807, 2.05) is 18.2 Å². The van der Waals surface area contributed by atoms with E-state index in [9.17, 15) is 9.65 Å². The summed E-state index contributed by atoms with van der Waals surface area (Å²) in [6.45, 7) is 0. The van der Waals surface area contributed by atoms with Gasteiger partial charge in [-0.25, -0.2) is 4.39 Å². The van der Waals surface area contributed by atoms with Gasteiger partial charge in [-0.15, -0.1) is 0 Å². The molecule has 0 radical (unpaired) electrons. The molecule has 24 heavy (non-hydrogen) atoms. The average molecular weight is 318 g/mol. The average Bonchev–Trinajstić information content (AvgIpc) is 2.61. The number of nitriles is 1. The Balaban J connectivity index is 1.91. The van der Waals surface area contributed by atoms with Crippen LogP contribution in [0, 0.1) is 17.1 Å². The van der Waals surface area contributed by atoms with Gasteiger partial charge < -0.3 is 10.5 Å². The SMILES string of the molecule is N#CC1=C(N)OC2=C(CCc3ccccc32)[C@@H]1c1ccc(F)cc1. The second kappa shape index (κ2) is 5.54. The summed E-state index contributed by atoms with van der Waals surface area (Å²) >= 11 is 0. The molecule has 0 unspecified atom stereocenters. The molecule has 1 aliphatic heterocycles. The highest BCUT2D eigenvalue weighted by Crippen LogP contribution is 2.46. The Morgan fingerprint density at radius 3 is 2.58 bits per heavy atom. The molecule has 1 heterocycles. The molecule has 118 valence electrons. The highest BCUT2D eigenvalue weighted by molar-refractivity contribution is 5.74. The smallest absolute Gasteiger partial charge is 0.205 e. The molecular formula is C20H15FN2O. The van der Waals surface area contributed by atoms with Gasteiger partial charge in [0.2, 0.25) is 5.88 Å². The lowest BCUT2D eigenvalue weighted by atomic mass is 9.76. The molecule has 1 atom stereocenters. The van der Waals surface area contributed by atoms with Gasteiger partial charge >= 0.3 is 0 Å². The van der Waals surface area contributed by atoms with E-state index in [1.165, 1.54) is 17.7 Å². The third kappa shape index (κ3) is 2.17. The van der Waals surface area contributed by atoms with Crippen LogP contribution in [0.5, 0.6) is 0 Å². The largest absolute Gasteiger partial charge is 0.440 e. The van der Waals surface area contributed by atoms with Crippen LogP contribution in [-0.2, 0) is 11.2 Å². The first-order chi connectivity index (χ1) is 11.7. The van der Waals surface area contributed by atoms with E-state index in [0.29, 0.717) is 5.57 Å². The lowest BCUT2D eigenvalue weighted by Gasteiger charge is -2.33. The second-order valence-corrected chi connectivity index (χ2v) is 5.99. The molecule has 4 heteroatoms. The molecule has 1 aliphatic carbocycles. The summed E-state index contributed by atoms with van der Waals surface area (Å²) in [6, 6.07) is 16.5. The molecule has 4 rings (SSSR count). The fourth-order valence-corrected chi connectivity index (χ4v) is 3.54. The number of ether oxygens (including phenoxy) is 1. The summed E-state index contributed by atoms with van der Waals surface area (Å²) < 4.78 is 19.1. The summed E-state index contributed by atoms with van der Waals surface area (Å²) in [5.41, 5.74) is 10.5. The van der Waals surface area contributed by atoms with Crippen LogP contribution in [0.25, 0.3) is 5.76 Å². The summed E-state index contributed by atoms with van der Waals surface area (Å²) in [5, 5.41) is 9.57. The van der Waals surface area contributed by atoms with Crippen LogP contribution < -0.4 is 5.73 Å². The number of hydrogen-bond acceptors (Lipinski definition) is 3. The Morgan fingerprint density at radius 1 is 1.08 bits per heavy atom. The molecule has 0 amide bonds. The van der Waals surface area contributed by atoms with E-state index in [1.54, 1.807) is 12.1 Å². The molecule has 0 bridgehead atoms. The van der Waals surface area contributed by atoms with E-state index >= 15 is 0 Å². The Morgan fingerprint density at radius 2 is 1.83 bits per heavy atom. The number of hydrogen-bond donors (Lipinski definition) is 1. The number of aryl methyl sites for hydroxylation is 1. The standard InChI is InChI=1S/C20H15FN2O/c21-14-8-5-13(6-9-14)18-16-10-7-12-3-1-2-4-15(12)19(16)24-20(23)17(18)11-22/h1-6,8-9,18H,7,10,23H2/t18-/m0/s1. The van der Waals surface area contributed by atoms with Gasteiger partial charge in [0.25, 0.3) is 0 Å². The van der Waals surface area contributed by atoms with Gasteiger partial charge in [-0.1, -0.05) is 36.4 Å². The van der Waals surface area contributed by atoms with E-state index in [0.717, 1.165) is 35.3 Å². The van der Waals surface area contributed by atoms with Gasteiger partial charge in [0.15, 0.2) is 0 Å². The minimum Gasteiger partial charge on any atom is -0.440 e. The Hall–Kier alpha value is -3.06. The molecule has 2 aromatic rings. The van der Waals surface area contributed by atoms with Crippen molar-refractivity contribution in [1.29, 1.82) is 5.26 Å². The molecule has 2 aromatic carbocycles. The van der Waals surface area contributed by atoms with E-state index in [-0.39, 0.29) is 17.6 Å². The maximum absolute atomic E-state index is 13.3. The molecule has 3 nitrogen and oxygen atoms in total. The van der Waals surface area contributed by atoms with E-state index in [2.05, 4.69) is 12.1 Å². The molecule has 0 fully saturated rings. The maximum Gasteiger partial charge on any atom is 0.205 e. The van der Waals surface area contributed by atoms with Crippen molar-refractivity contribution in [2.24, 2.45) is 5.73 Å². The molecular weight excluding hydrogens is 303 g/mol. The lowest BCUT2D eigenvalue weighted by Crippen LogP contribution is -2.23. The van der Waals surface area contributed by atoms with Crippen molar-refractivity contribution >= 4 is 5.76 Å². The molecule has 0 saturated carbocycles. The highest BCUT2D eigenvalue weighted by atomic mass is 19.1. The number of benzene rings is 2. The zero-order chi connectivity index (χ0) is 16.7. The van der Waals surface area contributed by atoms with Crippen molar-refractivity contribution in [1.82, 2.24) is 0 Å². The van der Waals surface area contributed by atoms with Crippen molar-refractivity contribution in [2.45, 2.75) is 18.8 Å². The van der Waals surface area contributed by atoms with Crippen LogP contribution in [0.15, 0.2) is 65.6 Å². The van der Waals surface area contributed by atoms with Crippen molar-refractivity contribution in [2.75, 3.05) is 0 Å².